The summed E-state index contributed by atoms with van der Waals surface area (Å²) < 4.78 is 17.1. The van der Waals surface area contributed by atoms with E-state index in [2.05, 4.69) is 15.0 Å². The van der Waals surface area contributed by atoms with Gasteiger partial charge in [-0.25, -0.2) is 4.98 Å². The van der Waals surface area contributed by atoms with Crippen LogP contribution in [0.1, 0.15) is 0 Å². The fourth-order valence-electron chi connectivity index (χ4n) is 1.49. The third-order valence-electron chi connectivity index (χ3n) is 2.24. The molecule has 0 aliphatic carbocycles. The third kappa shape index (κ3) is 3.38. The van der Waals surface area contributed by atoms with Crippen molar-refractivity contribution < 1.29 is 19.1 Å². The predicted molar refractivity (Wildman–Crippen MR) is 67.0 cm³/mol. The zero-order chi connectivity index (χ0) is 14.0. The summed E-state index contributed by atoms with van der Waals surface area (Å²) in [6.45, 7) is 0.409. The minimum absolute atomic E-state index is 0.0304. The zero-order valence-corrected chi connectivity index (χ0v) is 10.7. The molecule has 104 valence electrons. The number of fused-ring (bicyclic) bond motifs is 1. The summed E-state index contributed by atoms with van der Waals surface area (Å²) in [4.78, 5) is 29.1. The molecule has 0 unspecified atom stereocenters. The fraction of sp³-hybridized carbons (Fsp3) is 0.375. The van der Waals surface area contributed by atoms with Crippen molar-refractivity contribution in [2.75, 3.05) is 24.4 Å². The van der Waals surface area contributed by atoms with Crippen LogP contribution in [0.5, 0.6) is 0 Å². The first-order valence-corrected chi connectivity index (χ1v) is 7.03. The van der Waals surface area contributed by atoms with E-state index in [1.54, 1.807) is 4.57 Å². The number of ether oxygens (including phenoxy) is 1. The molecular weight excluding hydrogens is 275 g/mol. The van der Waals surface area contributed by atoms with E-state index in [-0.39, 0.29) is 18.4 Å². The van der Waals surface area contributed by atoms with Crippen molar-refractivity contribution in [3.63, 3.8) is 0 Å². The lowest BCUT2D eigenvalue weighted by molar-refractivity contribution is 0.149. The van der Waals surface area contributed by atoms with Gasteiger partial charge in [-0.05, 0) is 0 Å². The van der Waals surface area contributed by atoms with Gasteiger partial charge in [0, 0.05) is 6.54 Å². The van der Waals surface area contributed by atoms with Crippen molar-refractivity contribution in [3.05, 3.63) is 6.33 Å². The second-order valence-corrected chi connectivity index (χ2v) is 5.37. The number of nitrogens with two attached hydrogens (primary N) is 2. The fourth-order valence-corrected chi connectivity index (χ4v) is 1.86. The Morgan fingerprint density at radius 1 is 1.37 bits per heavy atom. The Kier molecular flexibility index (Phi) is 3.67. The van der Waals surface area contributed by atoms with E-state index in [1.807, 2.05) is 0 Å². The lowest BCUT2D eigenvalue weighted by Crippen LogP contribution is -2.08. The van der Waals surface area contributed by atoms with Gasteiger partial charge in [-0.2, -0.15) is 9.97 Å². The molecule has 11 heteroatoms. The second-order valence-electron chi connectivity index (χ2n) is 3.78. The van der Waals surface area contributed by atoms with E-state index in [0.29, 0.717) is 17.7 Å². The van der Waals surface area contributed by atoms with Gasteiger partial charge >= 0.3 is 7.60 Å². The number of nitrogen functional groups attached to an aromatic ring is 2. The largest absolute Gasteiger partial charge is 0.382 e. The highest BCUT2D eigenvalue weighted by atomic mass is 31.2. The van der Waals surface area contributed by atoms with Gasteiger partial charge in [0.25, 0.3) is 0 Å². The number of anilines is 2. The maximum absolute atomic E-state index is 10.6. The molecule has 0 fully saturated rings. The molecule has 2 rings (SSSR count). The summed E-state index contributed by atoms with van der Waals surface area (Å²) in [7, 11) is -4.15. The minimum Gasteiger partial charge on any atom is -0.382 e. The van der Waals surface area contributed by atoms with Crippen LogP contribution in [0.4, 0.5) is 11.8 Å². The molecule has 0 atom stereocenters. The molecule has 0 bridgehead atoms. The van der Waals surface area contributed by atoms with Gasteiger partial charge in [-0.1, -0.05) is 0 Å². The molecule has 0 aliphatic rings. The van der Waals surface area contributed by atoms with Crippen molar-refractivity contribution >= 4 is 30.5 Å². The molecule has 0 aromatic carbocycles. The van der Waals surface area contributed by atoms with E-state index in [9.17, 15) is 4.57 Å². The second kappa shape index (κ2) is 5.10. The van der Waals surface area contributed by atoms with Gasteiger partial charge in [0.1, 0.15) is 11.9 Å². The van der Waals surface area contributed by atoms with E-state index < -0.39 is 13.9 Å². The Morgan fingerprint density at radius 2 is 2.11 bits per heavy atom. The van der Waals surface area contributed by atoms with Crippen LogP contribution in [-0.2, 0) is 15.8 Å². The SMILES string of the molecule is Nc1nc(N)c2ncn(CCOCP(=O)(O)O)c2n1. The first-order valence-electron chi connectivity index (χ1n) is 5.23. The zero-order valence-electron chi connectivity index (χ0n) is 9.80. The number of rotatable bonds is 5. The highest BCUT2D eigenvalue weighted by Crippen LogP contribution is 2.33. The van der Waals surface area contributed by atoms with Crippen LogP contribution in [0.25, 0.3) is 11.2 Å². The van der Waals surface area contributed by atoms with Crippen LogP contribution < -0.4 is 11.5 Å². The standard InChI is InChI=1S/C8H13N6O4P/c9-6-5-7(13-8(10)12-6)14(3-11-5)1-2-18-4-19(15,16)17/h3H,1-2,4H2,(H2,15,16,17)(H4,9,10,12,13). The molecular formula is C8H13N6O4P. The van der Waals surface area contributed by atoms with Crippen LogP contribution in [0.3, 0.4) is 0 Å². The topological polar surface area (TPSA) is 162 Å². The van der Waals surface area contributed by atoms with Crippen molar-refractivity contribution in [2.24, 2.45) is 0 Å². The summed E-state index contributed by atoms with van der Waals surface area (Å²) in [6.07, 6.45) is 0.856. The molecule has 6 N–H and O–H groups in total. The average Bonchev–Trinajstić information content (AvgIpc) is 2.66. The van der Waals surface area contributed by atoms with Crippen LogP contribution in [-0.4, -0.2) is 42.3 Å². The Labute approximate surface area is 107 Å². The molecule has 0 amide bonds. The molecule has 0 radical (unpaired) electrons. The summed E-state index contributed by atoms with van der Waals surface area (Å²) in [6, 6.07) is 0. The maximum Gasteiger partial charge on any atom is 0.350 e. The first-order chi connectivity index (χ1) is 8.87. The Morgan fingerprint density at radius 3 is 2.79 bits per heavy atom. The van der Waals surface area contributed by atoms with Crippen molar-refractivity contribution in [1.82, 2.24) is 19.5 Å². The van der Waals surface area contributed by atoms with Crippen LogP contribution in [0, 0.1) is 0 Å². The highest BCUT2D eigenvalue weighted by Gasteiger charge is 2.13. The molecule has 0 saturated carbocycles. The van der Waals surface area contributed by atoms with Crippen LogP contribution in [0.2, 0.25) is 0 Å². The molecule has 10 nitrogen and oxygen atoms in total. The van der Waals surface area contributed by atoms with Crippen LogP contribution in [0.15, 0.2) is 6.33 Å². The number of hydrogen-bond donors (Lipinski definition) is 4. The summed E-state index contributed by atoms with van der Waals surface area (Å²) in [5.74, 6) is 0.209. The van der Waals surface area contributed by atoms with E-state index >= 15 is 0 Å². The summed E-state index contributed by atoms with van der Waals surface area (Å²) in [5, 5.41) is 0. The minimum atomic E-state index is -4.15. The molecule has 0 spiro atoms. The molecule has 2 aromatic rings. The van der Waals surface area contributed by atoms with Crippen molar-refractivity contribution in [1.29, 1.82) is 0 Å². The van der Waals surface area contributed by atoms with E-state index in [0.717, 1.165) is 0 Å². The molecule has 19 heavy (non-hydrogen) atoms. The van der Waals surface area contributed by atoms with Gasteiger partial charge in [0.2, 0.25) is 5.95 Å². The van der Waals surface area contributed by atoms with Crippen molar-refractivity contribution in [3.8, 4) is 0 Å². The Balaban J connectivity index is 2.07. The number of imidazole rings is 1. The van der Waals surface area contributed by atoms with Crippen LogP contribution >= 0.6 is 7.60 Å². The van der Waals surface area contributed by atoms with E-state index in [4.69, 9.17) is 26.0 Å². The smallest absolute Gasteiger partial charge is 0.350 e. The number of nitrogens with zero attached hydrogens (tertiary/aromatic N) is 4. The lowest BCUT2D eigenvalue weighted by atomic mass is 10.5. The van der Waals surface area contributed by atoms with Gasteiger partial charge in [-0.3, -0.25) is 4.57 Å². The predicted octanol–water partition coefficient (Wildman–Crippen LogP) is -0.858. The van der Waals surface area contributed by atoms with Gasteiger partial charge in [0.15, 0.2) is 11.5 Å². The van der Waals surface area contributed by atoms with Gasteiger partial charge in [0.05, 0.1) is 12.9 Å². The number of hydrogen-bond acceptors (Lipinski definition) is 7. The van der Waals surface area contributed by atoms with Gasteiger partial charge < -0.3 is 30.6 Å². The Bertz CT molecular complexity index is 637. The Hall–Kier alpha value is -1.74. The van der Waals surface area contributed by atoms with E-state index in [1.165, 1.54) is 6.33 Å². The summed E-state index contributed by atoms with van der Waals surface area (Å²) in [5.41, 5.74) is 12.0. The molecule has 2 aromatic heterocycles. The lowest BCUT2D eigenvalue weighted by Gasteiger charge is -2.07. The summed E-state index contributed by atoms with van der Waals surface area (Å²) >= 11 is 0. The normalized spacial score (nSPS) is 12.1. The highest BCUT2D eigenvalue weighted by molar-refractivity contribution is 7.51. The molecule has 2 heterocycles. The third-order valence-corrected chi connectivity index (χ3v) is 2.76. The maximum atomic E-state index is 10.6. The number of aromatic nitrogens is 4. The first kappa shape index (κ1) is 13.7. The average molecular weight is 288 g/mol. The monoisotopic (exact) mass is 288 g/mol. The van der Waals surface area contributed by atoms with Crippen molar-refractivity contribution in [2.45, 2.75) is 6.54 Å². The molecule has 0 aliphatic heterocycles. The van der Waals surface area contributed by atoms with Gasteiger partial charge in [-0.15, -0.1) is 0 Å². The molecule has 0 saturated heterocycles. The quantitative estimate of drug-likeness (QED) is 0.405.